The molecule has 0 aromatic heterocycles. The quantitative estimate of drug-likeness (QED) is 0.693. The van der Waals surface area contributed by atoms with Crippen molar-refractivity contribution in [1.29, 1.82) is 0 Å². The predicted octanol–water partition coefficient (Wildman–Crippen LogP) is 0.252. The summed E-state index contributed by atoms with van der Waals surface area (Å²) in [6.45, 7) is 3.58. The summed E-state index contributed by atoms with van der Waals surface area (Å²) < 4.78 is 4.81. The molecule has 0 bridgehead atoms. The zero-order valence-electron chi connectivity index (χ0n) is 8.90. The van der Waals surface area contributed by atoms with Crippen LogP contribution in [-0.2, 0) is 9.53 Å². The summed E-state index contributed by atoms with van der Waals surface area (Å²) in [7, 11) is 1.55. The van der Waals surface area contributed by atoms with Gasteiger partial charge >= 0.3 is 0 Å². The van der Waals surface area contributed by atoms with Crippen molar-refractivity contribution in [2.45, 2.75) is 25.9 Å². The largest absolute Gasteiger partial charge is 0.389 e. The Morgan fingerprint density at radius 2 is 2.43 bits per heavy atom. The lowest BCUT2D eigenvalue weighted by molar-refractivity contribution is -0.129. The third-order valence-corrected chi connectivity index (χ3v) is 2.66. The van der Waals surface area contributed by atoms with Crippen molar-refractivity contribution in [3.8, 4) is 0 Å². The molecule has 4 heteroatoms. The SMILES string of the molecule is CCC1CC(=O)N(CC(O)COC)C1. The molecule has 14 heavy (non-hydrogen) atoms. The second-order valence-electron chi connectivity index (χ2n) is 3.89. The molecule has 1 saturated heterocycles. The van der Waals surface area contributed by atoms with Gasteiger partial charge in [-0.1, -0.05) is 13.3 Å². The van der Waals surface area contributed by atoms with Crippen LogP contribution in [0.1, 0.15) is 19.8 Å². The Bertz CT molecular complexity index is 196. The van der Waals surface area contributed by atoms with Crippen LogP contribution >= 0.6 is 0 Å². The summed E-state index contributed by atoms with van der Waals surface area (Å²) in [5, 5.41) is 9.47. The monoisotopic (exact) mass is 201 g/mol. The molecule has 2 unspecified atom stereocenters. The van der Waals surface area contributed by atoms with Gasteiger partial charge < -0.3 is 14.7 Å². The van der Waals surface area contributed by atoms with E-state index in [-0.39, 0.29) is 5.91 Å². The molecule has 1 amide bonds. The van der Waals surface area contributed by atoms with E-state index in [1.54, 1.807) is 12.0 Å². The van der Waals surface area contributed by atoms with Crippen molar-refractivity contribution >= 4 is 5.91 Å². The minimum Gasteiger partial charge on any atom is -0.389 e. The summed E-state index contributed by atoms with van der Waals surface area (Å²) in [5.74, 6) is 0.629. The topological polar surface area (TPSA) is 49.8 Å². The van der Waals surface area contributed by atoms with Gasteiger partial charge in [-0.3, -0.25) is 4.79 Å². The van der Waals surface area contributed by atoms with E-state index < -0.39 is 6.10 Å². The molecule has 1 fully saturated rings. The molecule has 0 spiro atoms. The number of ether oxygens (including phenoxy) is 1. The fourth-order valence-corrected chi connectivity index (χ4v) is 1.80. The second kappa shape index (κ2) is 5.32. The van der Waals surface area contributed by atoms with Crippen LogP contribution in [0.4, 0.5) is 0 Å². The van der Waals surface area contributed by atoms with Crippen molar-refractivity contribution in [3.05, 3.63) is 0 Å². The minimum atomic E-state index is -0.556. The Hall–Kier alpha value is -0.610. The number of hydrogen-bond acceptors (Lipinski definition) is 3. The number of nitrogens with zero attached hydrogens (tertiary/aromatic N) is 1. The third-order valence-electron chi connectivity index (χ3n) is 2.66. The van der Waals surface area contributed by atoms with Crippen LogP contribution in [-0.4, -0.2) is 48.8 Å². The standard InChI is InChI=1S/C10H19NO3/c1-3-8-4-10(13)11(5-8)6-9(12)7-14-2/h8-9,12H,3-7H2,1-2H3. The van der Waals surface area contributed by atoms with Gasteiger partial charge in [-0.2, -0.15) is 0 Å². The van der Waals surface area contributed by atoms with E-state index in [9.17, 15) is 9.90 Å². The fraction of sp³-hybridized carbons (Fsp3) is 0.900. The van der Waals surface area contributed by atoms with E-state index in [0.29, 0.717) is 25.5 Å². The normalized spacial score (nSPS) is 24.4. The Balaban J connectivity index is 2.34. The van der Waals surface area contributed by atoms with Crippen LogP contribution in [0.2, 0.25) is 0 Å². The minimum absolute atomic E-state index is 0.159. The summed E-state index contributed by atoms with van der Waals surface area (Å²) in [5.41, 5.74) is 0. The van der Waals surface area contributed by atoms with E-state index >= 15 is 0 Å². The maximum Gasteiger partial charge on any atom is 0.223 e. The van der Waals surface area contributed by atoms with Gasteiger partial charge in [0, 0.05) is 26.6 Å². The molecule has 1 aliphatic rings. The molecule has 82 valence electrons. The number of hydrogen-bond donors (Lipinski definition) is 1. The average Bonchev–Trinajstić information content (AvgIpc) is 2.48. The van der Waals surface area contributed by atoms with Gasteiger partial charge in [-0.25, -0.2) is 0 Å². The Labute approximate surface area is 84.8 Å². The molecule has 1 rings (SSSR count). The van der Waals surface area contributed by atoms with Gasteiger partial charge in [0.1, 0.15) is 0 Å². The highest BCUT2D eigenvalue weighted by atomic mass is 16.5. The van der Waals surface area contributed by atoms with Crippen molar-refractivity contribution in [3.63, 3.8) is 0 Å². The molecule has 1 N–H and O–H groups in total. The highest BCUT2D eigenvalue weighted by molar-refractivity contribution is 5.78. The summed E-state index contributed by atoms with van der Waals surface area (Å²) in [6.07, 6.45) is 1.11. The molecule has 2 atom stereocenters. The number of carbonyl (C=O) groups excluding carboxylic acids is 1. The smallest absolute Gasteiger partial charge is 0.223 e. The summed E-state index contributed by atoms with van der Waals surface area (Å²) in [6, 6.07) is 0. The lowest BCUT2D eigenvalue weighted by Gasteiger charge is -2.19. The Morgan fingerprint density at radius 3 is 2.93 bits per heavy atom. The molecular weight excluding hydrogens is 182 g/mol. The van der Waals surface area contributed by atoms with Gasteiger partial charge in [0.2, 0.25) is 5.91 Å². The van der Waals surface area contributed by atoms with Crippen molar-refractivity contribution in [2.75, 3.05) is 26.8 Å². The fourth-order valence-electron chi connectivity index (χ4n) is 1.80. The first-order valence-electron chi connectivity index (χ1n) is 5.12. The maximum absolute atomic E-state index is 11.5. The lowest BCUT2D eigenvalue weighted by Crippen LogP contribution is -2.35. The molecule has 0 aromatic rings. The highest BCUT2D eigenvalue weighted by Gasteiger charge is 2.29. The molecule has 0 radical (unpaired) electrons. The number of amides is 1. The van der Waals surface area contributed by atoms with E-state index in [1.807, 2.05) is 0 Å². The molecule has 0 aromatic carbocycles. The number of methoxy groups -OCH3 is 1. The Kier molecular flexibility index (Phi) is 4.35. The van der Waals surface area contributed by atoms with Gasteiger partial charge in [0.05, 0.1) is 12.7 Å². The summed E-state index contributed by atoms with van der Waals surface area (Å²) in [4.78, 5) is 13.2. The van der Waals surface area contributed by atoms with E-state index in [4.69, 9.17) is 4.74 Å². The number of likely N-dealkylation sites (tertiary alicyclic amines) is 1. The number of carbonyl (C=O) groups is 1. The van der Waals surface area contributed by atoms with Crippen LogP contribution in [0.25, 0.3) is 0 Å². The van der Waals surface area contributed by atoms with Crippen LogP contribution in [0.3, 0.4) is 0 Å². The molecule has 0 aliphatic carbocycles. The number of aliphatic hydroxyl groups excluding tert-OH is 1. The van der Waals surface area contributed by atoms with Crippen LogP contribution < -0.4 is 0 Å². The molecule has 1 aliphatic heterocycles. The lowest BCUT2D eigenvalue weighted by atomic mass is 10.1. The predicted molar refractivity (Wildman–Crippen MR) is 52.9 cm³/mol. The second-order valence-corrected chi connectivity index (χ2v) is 3.89. The first kappa shape index (κ1) is 11.5. The van der Waals surface area contributed by atoms with Crippen LogP contribution in [0.5, 0.6) is 0 Å². The molecular formula is C10H19NO3. The molecule has 1 heterocycles. The van der Waals surface area contributed by atoms with Crippen LogP contribution in [0.15, 0.2) is 0 Å². The first-order valence-corrected chi connectivity index (χ1v) is 5.12. The number of rotatable bonds is 5. The van der Waals surface area contributed by atoms with Gasteiger partial charge in [0.25, 0.3) is 0 Å². The van der Waals surface area contributed by atoms with Gasteiger partial charge in [-0.05, 0) is 5.92 Å². The van der Waals surface area contributed by atoms with E-state index in [0.717, 1.165) is 13.0 Å². The zero-order chi connectivity index (χ0) is 10.6. The van der Waals surface area contributed by atoms with Crippen molar-refractivity contribution in [1.82, 2.24) is 4.90 Å². The average molecular weight is 201 g/mol. The molecule has 4 nitrogen and oxygen atoms in total. The van der Waals surface area contributed by atoms with E-state index in [2.05, 4.69) is 6.92 Å². The van der Waals surface area contributed by atoms with Crippen LogP contribution in [0, 0.1) is 5.92 Å². The number of aliphatic hydroxyl groups is 1. The summed E-state index contributed by atoms with van der Waals surface area (Å²) >= 11 is 0. The Morgan fingerprint density at radius 1 is 1.71 bits per heavy atom. The third kappa shape index (κ3) is 2.96. The number of β-amino-alcohol motifs (C(OH)–C–C–N with tert-alkyl or cyclic N) is 1. The van der Waals surface area contributed by atoms with Gasteiger partial charge in [0.15, 0.2) is 0 Å². The van der Waals surface area contributed by atoms with E-state index in [1.165, 1.54) is 0 Å². The first-order chi connectivity index (χ1) is 6.67. The van der Waals surface area contributed by atoms with Crippen molar-refractivity contribution in [2.24, 2.45) is 5.92 Å². The van der Waals surface area contributed by atoms with Crippen molar-refractivity contribution < 1.29 is 14.6 Å². The molecule has 0 saturated carbocycles. The highest BCUT2D eigenvalue weighted by Crippen LogP contribution is 2.20. The maximum atomic E-state index is 11.5. The van der Waals surface area contributed by atoms with Gasteiger partial charge in [-0.15, -0.1) is 0 Å². The zero-order valence-corrected chi connectivity index (χ0v) is 8.90.